The van der Waals surface area contributed by atoms with E-state index in [9.17, 15) is 4.79 Å². The Morgan fingerprint density at radius 1 is 1.39 bits per heavy atom. The van der Waals surface area contributed by atoms with E-state index >= 15 is 0 Å². The van der Waals surface area contributed by atoms with Gasteiger partial charge in [-0.15, -0.1) is 0 Å². The SMILES string of the molecule is Cc1cc(Br)ccc1CCC(=O)NC1CCCC1. The molecule has 98 valence electrons. The van der Waals surface area contributed by atoms with Crippen molar-refractivity contribution in [2.24, 2.45) is 0 Å². The molecule has 0 radical (unpaired) electrons. The zero-order chi connectivity index (χ0) is 13.0. The fraction of sp³-hybridized carbons (Fsp3) is 0.533. The van der Waals surface area contributed by atoms with Gasteiger partial charge in [0, 0.05) is 16.9 Å². The fourth-order valence-corrected chi connectivity index (χ4v) is 3.03. The van der Waals surface area contributed by atoms with Crippen molar-refractivity contribution in [2.75, 3.05) is 0 Å². The van der Waals surface area contributed by atoms with Gasteiger partial charge in [0.15, 0.2) is 0 Å². The molecular weight excluding hydrogens is 290 g/mol. The lowest BCUT2D eigenvalue weighted by molar-refractivity contribution is -0.121. The van der Waals surface area contributed by atoms with Crippen molar-refractivity contribution in [1.29, 1.82) is 0 Å². The van der Waals surface area contributed by atoms with E-state index in [2.05, 4.69) is 40.3 Å². The molecule has 1 saturated carbocycles. The number of nitrogens with one attached hydrogen (secondary N) is 1. The van der Waals surface area contributed by atoms with E-state index in [1.54, 1.807) is 0 Å². The molecule has 0 aromatic heterocycles. The van der Waals surface area contributed by atoms with E-state index in [1.807, 2.05) is 6.07 Å². The first-order valence-electron chi connectivity index (χ1n) is 6.69. The number of aryl methyl sites for hydroxylation is 2. The third-order valence-corrected chi connectivity index (χ3v) is 4.14. The second-order valence-electron chi connectivity index (χ2n) is 5.12. The molecule has 1 N–H and O–H groups in total. The van der Waals surface area contributed by atoms with Crippen molar-refractivity contribution in [2.45, 2.75) is 51.5 Å². The lowest BCUT2D eigenvalue weighted by Crippen LogP contribution is -2.32. The minimum Gasteiger partial charge on any atom is -0.353 e. The van der Waals surface area contributed by atoms with Crippen LogP contribution in [0.4, 0.5) is 0 Å². The molecule has 2 nitrogen and oxygen atoms in total. The van der Waals surface area contributed by atoms with Gasteiger partial charge in [-0.1, -0.05) is 34.8 Å². The Morgan fingerprint density at radius 3 is 2.78 bits per heavy atom. The highest BCUT2D eigenvalue weighted by Crippen LogP contribution is 2.19. The van der Waals surface area contributed by atoms with E-state index < -0.39 is 0 Å². The molecule has 0 atom stereocenters. The van der Waals surface area contributed by atoms with E-state index in [1.165, 1.54) is 24.0 Å². The Labute approximate surface area is 117 Å². The average molecular weight is 310 g/mol. The minimum atomic E-state index is 0.198. The summed E-state index contributed by atoms with van der Waals surface area (Å²) in [6, 6.07) is 6.67. The number of carbonyl (C=O) groups excluding carboxylic acids is 1. The van der Waals surface area contributed by atoms with Crippen molar-refractivity contribution in [3.63, 3.8) is 0 Å². The van der Waals surface area contributed by atoms with Crippen LogP contribution >= 0.6 is 15.9 Å². The topological polar surface area (TPSA) is 29.1 Å². The Morgan fingerprint density at radius 2 is 2.11 bits per heavy atom. The van der Waals surface area contributed by atoms with Crippen LogP contribution in [0.1, 0.15) is 43.2 Å². The number of hydrogen-bond donors (Lipinski definition) is 1. The zero-order valence-corrected chi connectivity index (χ0v) is 12.4. The third-order valence-electron chi connectivity index (χ3n) is 3.65. The summed E-state index contributed by atoms with van der Waals surface area (Å²) in [6.45, 7) is 2.09. The molecule has 1 amide bonds. The van der Waals surface area contributed by atoms with Crippen molar-refractivity contribution >= 4 is 21.8 Å². The average Bonchev–Trinajstić information content (AvgIpc) is 2.80. The molecule has 18 heavy (non-hydrogen) atoms. The standard InChI is InChI=1S/C15H20BrNO/c1-11-10-13(16)8-6-12(11)7-9-15(18)17-14-4-2-3-5-14/h6,8,10,14H,2-5,7,9H2,1H3,(H,17,18). The molecule has 0 aliphatic heterocycles. The first-order valence-corrected chi connectivity index (χ1v) is 7.49. The summed E-state index contributed by atoms with van der Waals surface area (Å²) in [5.74, 6) is 0.198. The summed E-state index contributed by atoms with van der Waals surface area (Å²) in [4.78, 5) is 11.8. The van der Waals surface area contributed by atoms with Crippen molar-refractivity contribution < 1.29 is 4.79 Å². The van der Waals surface area contributed by atoms with E-state index in [0.29, 0.717) is 12.5 Å². The monoisotopic (exact) mass is 309 g/mol. The lowest BCUT2D eigenvalue weighted by Gasteiger charge is -2.12. The molecular formula is C15H20BrNO. The largest absolute Gasteiger partial charge is 0.353 e. The zero-order valence-electron chi connectivity index (χ0n) is 10.8. The number of rotatable bonds is 4. The molecule has 2 rings (SSSR count). The van der Waals surface area contributed by atoms with Crippen LogP contribution in [0.5, 0.6) is 0 Å². The van der Waals surface area contributed by atoms with Gasteiger partial charge in [-0.25, -0.2) is 0 Å². The predicted molar refractivity (Wildman–Crippen MR) is 77.6 cm³/mol. The summed E-state index contributed by atoms with van der Waals surface area (Å²) in [5, 5.41) is 3.13. The van der Waals surface area contributed by atoms with Gasteiger partial charge in [-0.2, -0.15) is 0 Å². The highest BCUT2D eigenvalue weighted by Gasteiger charge is 2.16. The van der Waals surface area contributed by atoms with Gasteiger partial charge in [0.05, 0.1) is 0 Å². The smallest absolute Gasteiger partial charge is 0.220 e. The normalized spacial score (nSPS) is 15.9. The van der Waals surface area contributed by atoms with E-state index in [0.717, 1.165) is 23.7 Å². The number of hydrogen-bond acceptors (Lipinski definition) is 1. The van der Waals surface area contributed by atoms with Gasteiger partial charge in [0.1, 0.15) is 0 Å². The van der Waals surface area contributed by atoms with Gasteiger partial charge in [0.2, 0.25) is 5.91 Å². The van der Waals surface area contributed by atoms with Crippen molar-refractivity contribution in [3.8, 4) is 0 Å². The van der Waals surface area contributed by atoms with E-state index in [-0.39, 0.29) is 5.91 Å². The van der Waals surface area contributed by atoms with Crippen LogP contribution in [0, 0.1) is 6.92 Å². The van der Waals surface area contributed by atoms with Crippen LogP contribution in [0.3, 0.4) is 0 Å². The van der Waals surface area contributed by atoms with E-state index in [4.69, 9.17) is 0 Å². The van der Waals surface area contributed by atoms with Crippen LogP contribution < -0.4 is 5.32 Å². The molecule has 1 aromatic rings. The lowest BCUT2D eigenvalue weighted by atomic mass is 10.0. The second kappa shape index (κ2) is 6.37. The summed E-state index contributed by atoms with van der Waals surface area (Å²) < 4.78 is 1.10. The van der Waals surface area contributed by atoms with Crippen molar-refractivity contribution in [1.82, 2.24) is 5.32 Å². The van der Waals surface area contributed by atoms with Gasteiger partial charge < -0.3 is 5.32 Å². The summed E-state index contributed by atoms with van der Waals surface area (Å²) >= 11 is 3.46. The Hall–Kier alpha value is -0.830. The fourth-order valence-electron chi connectivity index (χ4n) is 2.56. The van der Waals surface area contributed by atoms with Gasteiger partial charge in [0.25, 0.3) is 0 Å². The molecule has 3 heteroatoms. The maximum atomic E-state index is 11.8. The molecule has 0 saturated heterocycles. The molecule has 0 heterocycles. The molecule has 1 fully saturated rings. The summed E-state index contributed by atoms with van der Waals surface area (Å²) in [5.41, 5.74) is 2.51. The molecule has 1 aliphatic rings. The van der Waals surface area contributed by atoms with Crippen LogP contribution in [0.25, 0.3) is 0 Å². The highest BCUT2D eigenvalue weighted by molar-refractivity contribution is 9.10. The summed E-state index contributed by atoms with van der Waals surface area (Å²) in [6.07, 6.45) is 6.26. The number of halogens is 1. The molecule has 0 unspecified atom stereocenters. The molecule has 1 aromatic carbocycles. The maximum Gasteiger partial charge on any atom is 0.220 e. The van der Waals surface area contributed by atoms with Crippen LogP contribution in [0.15, 0.2) is 22.7 Å². The molecule has 1 aliphatic carbocycles. The second-order valence-corrected chi connectivity index (χ2v) is 6.04. The Balaban J connectivity index is 1.81. The van der Waals surface area contributed by atoms with Crippen LogP contribution in [-0.4, -0.2) is 11.9 Å². The first kappa shape index (κ1) is 13.6. The Kier molecular flexibility index (Phi) is 4.81. The van der Waals surface area contributed by atoms with Crippen molar-refractivity contribution in [3.05, 3.63) is 33.8 Å². The number of carbonyl (C=O) groups is 1. The number of amides is 1. The Bertz CT molecular complexity index is 425. The quantitative estimate of drug-likeness (QED) is 0.901. The first-order chi connectivity index (χ1) is 8.65. The van der Waals surface area contributed by atoms with Gasteiger partial charge >= 0.3 is 0 Å². The maximum absolute atomic E-state index is 11.8. The van der Waals surface area contributed by atoms with Crippen LogP contribution in [0.2, 0.25) is 0 Å². The molecule has 0 spiro atoms. The molecule has 0 bridgehead atoms. The number of benzene rings is 1. The van der Waals surface area contributed by atoms with Gasteiger partial charge in [-0.05, 0) is 49.4 Å². The summed E-state index contributed by atoms with van der Waals surface area (Å²) in [7, 11) is 0. The van der Waals surface area contributed by atoms with Gasteiger partial charge in [-0.3, -0.25) is 4.79 Å². The predicted octanol–water partition coefficient (Wildman–Crippen LogP) is 3.75. The minimum absolute atomic E-state index is 0.198. The third kappa shape index (κ3) is 3.84. The van der Waals surface area contributed by atoms with Crippen LogP contribution in [-0.2, 0) is 11.2 Å². The highest BCUT2D eigenvalue weighted by atomic mass is 79.9.